The molecule has 0 unspecified atom stereocenters. The first-order valence-electron chi connectivity index (χ1n) is 2.40. The van der Waals surface area contributed by atoms with E-state index in [1.165, 1.54) is 6.21 Å². The van der Waals surface area contributed by atoms with Crippen LogP contribution in [-0.2, 0) is 0 Å². The van der Waals surface area contributed by atoms with Crippen LogP contribution in [0, 0.1) is 0 Å². The van der Waals surface area contributed by atoms with Crippen LogP contribution in [0.3, 0.4) is 0 Å². The van der Waals surface area contributed by atoms with E-state index in [2.05, 4.69) is 10.3 Å². The van der Waals surface area contributed by atoms with Crippen LogP contribution in [0.2, 0.25) is 0 Å². The average Bonchev–Trinajstić information content (AvgIpc) is 1.93. The van der Waals surface area contributed by atoms with Crippen molar-refractivity contribution in [2.75, 3.05) is 6.54 Å². The molecule has 2 N–H and O–H groups in total. The third-order valence-electron chi connectivity index (χ3n) is 0.783. The number of carbonyl (C=O) groups is 2. The second-order valence-electron chi connectivity index (χ2n) is 1.45. The van der Waals surface area contributed by atoms with E-state index in [-0.39, 0.29) is 0 Å². The zero-order chi connectivity index (χ0) is 6.69. The largest absolute Gasteiger partial charge is 0.348 e. The van der Waals surface area contributed by atoms with Gasteiger partial charge in [-0.1, -0.05) is 0 Å². The fourth-order valence-corrected chi connectivity index (χ4v) is 0.440. The lowest BCUT2D eigenvalue weighted by molar-refractivity contribution is 0.233. The summed E-state index contributed by atoms with van der Waals surface area (Å²) in [6.07, 6.45) is 1.33. The van der Waals surface area contributed by atoms with Gasteiger partial charge in [0.15, 0.2) is 0 Å². The molecule has 1 rings (SSSR count). The van der Waals surface area contributed by atoms with Gasteiger partial charge in [-0.2, -0.15) is 0 Å². The molecule has 48 valence electrons. The lowest BCUT2D eigenvalue weighted by Crippen LogP contribution is -2.35. The molecule has 1 heterocycles. The number of hydrogen-bond donors (Lipinski definition) is 2. The molecule has 0 spiro atoms. The molecule has 9 heavy (non-hydrogen) atoms. The Morgan fingerprint density at radius 1 is 1.56 bits per heavy atom. The molecule has 0 fully saturated rings. The number of nitrogens with zero attached hydrogens (tertiary/aromatic N) is 1. The van der Waals surface area contributed by atoms with Crippen LogP contribution in [0.4, 0.5) is 9.59 Å². The van der Waals surface area contributed by atoms with Crippen molar-refractivity contribution in [1.82, 2.24) is 10.6 Å². The Morgan fingerprint density at radius 3 is 3.11 bits per heavy atom. The summed E-state index contributed by atoms with van der Waals surface area (Å²) in [5.41, 5.74) is 0. The molecular weight excluding hydrogens is 122 g/mol. The quantitative estimate of drug-likeness (QED) is 0.460. The number of amides is 4. The summed E-state index contributed by atoms with van der Waals surface area (Å²) < 4.78 is 0. The molecule has 0 radical (unpaired) electrons. The monoisotopic (exact) mass is 127 g/mol. The van der Waals surface area contributed by atoms with Gasteiger partial charge in [0.2, 0.25) is 0 Å². The Balaban J connectivity index is 2.61. The molecule has 0 aromatic carbocycles. The van der Waals surface area contributed by atoms with Crippen LogP contribution >= 0.6 is 0 Å². The maximum absolute atomic E-state index is 10.4. The van der Waals surface area contributed by atoms with Gasteiger partial charge in [-0.3, -0.25) is 5.32 Å². The molecular formula is C4H5N3O2. The Kier molecular flexibility index (Phi) is 1.44. The Hall–Kier alpha value is -1.39. The Morgan fingerprint density at radius 2 is 2.33 bits per heavy atom. The molecule has 0 aromatic rings. The highest BCUT2D eigenvalue weighted by Gasteiger charge is 2.06. The number of hydrogen-bond acceptors (Lipinski definition) is 2. The smallest absolute Gasteiger partial charge is 0.333 e. The van der Waals surface area contributed by atoms with E-state index in [1.807, 2.05) is 5.32 Å². The number of rotatable bonds is 0. The first-order chi connectivity index (χ1) is 4.29. The van der Waals surface area contributed by atoms with Crippen molar-refractivity contribution in [1.29, 1.82) is 0 Å². The van der Waals surface area contributed by atoms with Gasteiger partial charge in [0.25, 0.3) is 0 Å². The van der Waals surface area contributed by atoms with Gasteiger partial charge in [-0.25, -0.2) is 14.6 Å². The Labute approximate surface area is 51.1 Å². The van der Waals surface area contributed by atoms with Gasteiger partial charge < -0.3 is 5.32 Å². The topological polar surface area (TPSA) is 70.6 Å². The number of nitrogens with one attached hydrogen (secondary N) is 2. The van der Waals surface area contributed by atoms with Crippen LogP contribution in [0.1, 0.15) is 0 Å². The van der Waals surface area contributed by atoms with E-state index in [0.29, 0.717) is 6.54 Å². The highest BCUT2D eigenvalue weighted by atomic mass is 16.2. The summed E-state index contributed by atoms with van der Waals surface area (Å²) >= 11 is 0. The highest BCUT2D eigenvalue weighted by Crippen LogP contribution is 1.76. The number of aliphatic imine (C=N–C) groups is 1. The lowest BCUT2D eigenvalue weighted by Gasteiger charge is -1.94. The summed E-state index contributed by atoms with van der Waals surface area (Å²) in [5, 5.41) is 4.31. The van der Waals surface area contributed by atoms with E-state index in [0.717, 1.165) is 0 Å². The maximum atomic E-state index is 10.4. The zero-order valence-corrected chi connectivity index (χ0v) is 4.55. The van der Waals surface area contributed by atoms with Crippen LogP contribution in [0.5, 0.6) is 0 Å². The first-order valence-corrected chi connectivity index (χ1v) is 2.40. The molecule has 0 saturated carbocycles. The van der Waals surface area contributed by atoms with Gasteiger partial charge in [0.1, 0.15) is 0 Å². The molecule has 5 heteroatoms. The fraction of sp³-hybridized carbons (Fsp3) is 0.250. The van der Waals surface area contributed by atoms with Gasteiger partial charge in [0, 0.05) is 6.21 Å². The third kappa shape index (κ3) is 1.52. The van der Waals surface area contributed by atoms with Crippen LogP contribution in [-0.4, -0.2) is 24.8 Å². The van der Waals surface area contributed by atoms with Gasteiger partial charge in [0.05, 0.1) is 6.54 Å². The Bertz CT molecular complexity index is 175. The van der Waals surface area contributed by atoms with Crippen molar-refractivity contribution in [2.45, 2.75) is 0 Å². The predicted octanol–water partition coefficient (Wildman–Crippen LogP) is -0.510. The van der Waals surface area contributed by atoms with Crippen molar-refractivity contribution in [3.8, 4) is 0 Å². The van der Waals surface area contributed by atoms with Gasteiger partial charge >= 0.3 is 12.1 Å². The number of urea groups is 2. The molecule has 0 atom stereocenters. The minimum atomic E-state index is -0.620. The fourth-order valence-electron chi connectivity index (χ4n) is 0.440. The van der Waals surface area contributed by atoms with E-state index in [9.17, 15) is 9.59 Å². The highest BCUT2D eigenvalue weighted by molar-refractivity contribution is 5.99. The van der Waals surface area contributed by atoms with Crippen molar-refractivity contribution in [3.05, 3.63) is 0 Å². The lowest BCUT2D eigenvalue weighted by atomic mass is 10.7. The number of imide groups is 1. The molecule has 1 aliphatic heterocycles. The minimum absolute atomic E-state index is 0.303. The van der Waals surface area contributed by atoms with Gasteiger partial charge in [-0.05, 0) is 0 Å². The van der Waals surface area contributed by atoms with E-state index < -0.39 is 12.1 Å². The first kappa shape index (κ1) is 5.74. The van der Waals surface area contributed by atoms with Crippen molar-refractivity contribution in [3.63, 3.8) is 0 Å². The second kappa shape index (κ2) is 2.25. The molecule has 0 aromatic heterocycles. The maximum Gasteiger partial charge on any atom is 0.348 e. The number of carbonyl (C=O) groups excluding carboxylic acids is 2. The normalized spacial score (nSPS) is 18.2. The molecule has 0 saturated heterocycles. The average molecular weight is 127 g/mol. The second-order valence-corrected chi connectivity index (χ2v) is 1.45. The predicted molar refractivity (Wildman–Crippen MR) is 30.4 cm³/mol. The van der Waals surface area contributed by atoms with Crippen LogP contribution < -0.4 is 10.6 Å². The van der Waals surface area contributed by atoms with Gasteiger partial charge in [-0.15, -0.1) is 0 Å². The van der Waals surface area contributed by atoms with Crippen molar-refractivity contribution >= 4 is 18.3 Å². The van der Waals surface area contributed by atoms with E-state index in [1.54, 1.807) is 0 Å². The van der Waals surface area contributed by atoms with Crippen LogP contribution in [0.15, 0.2) is 4.99 Å². The summed E-state index contributed by atoms with van der Waals surface area (Å²) in [6, 6.07) is -1.12. The third-order valence-corrected chi connectivity index (χ3v) is 0.783. The van der Waals surface area contributed by atoms with E-state index in [4.69, 9.17) is 0 Å². The minimum Gasteiger partial charge on any atom is -0.333 e. The summed E-state index contributed by atoms with van der Waals surface area (Å²) in [6.45, 7) is 0.303. The van der Waals surface area contributed by atoms with Crippen LogP contribution in [0.25, 0.3) is 0 Å². The summed E-state index contributed by atoms with van der Waals surface area (Å²) in [5.74, 6) is 0. The van der Waals surface area contributed by atoms with Crippen molar-refractivity contribution < 1.29 is 9.59 Å². The molecule has 0 bridgehead atoms. The summed E-state index contributed by atoms with van der Waals surface area (Å²) in [4.78, 5) is 24.0. The molecule has 5 nitrogen and oxygen atoms in total. The molecule has 1 aliphatic rings. The summed E-state index contributed by atoms with van der Waals surface area (Å²) in [7, 11) is 0. The molecule has 4 amide bonds. The van der Waals surface area contributed by atoms with E-state index >= 15 is 0 Å². The SMILES string of the molecule is O=C1N=CCNC(=O)N1. The van der Waals surface area contributed by atoms with Crippen molar-refractivity contribution in [2.24, 2.45) is 4.99 Å². The zero-order valence-electron chi connectivity index (χ0n) is 4.55. The standard InChI is InChI=1S/C4H5N3O2/c8-3-5-1-2-6-4(9)7-3/h1H,2H2,(H2,6,7,8,9). The molecule has 0 aliphatic carbocycles.